The molecule has 0 saturated heterocycles. The summed E-state index contributed by atoms with van der Waals surface area (Å²) in [5.41, 5.74) is -1.65. The third-order valence-corrected chi connectivity index (χ3v) is 3.87. The molecule has 22 heavy (non-hydrogen) atoms. The topological polar surface area (TPSA) is 72.8 Å². The van der Waals surface area contributed by atoms with E-state index < -0.39 is 17.5 Å². The van der Waals surface area contributed by atoms with E-state index in [0.717, 1.165) is 0 Å². The number of ether oxygens (including phenoxy) is 2. The normalized spacial score (nSPS) is 20.3. The molecule has 118 valence electrons. The first-order valence-corrected chi connectivity index (χ1v) is 7.28. The lowest BCUT2D eigenvalue weighted by Gasteiger charge is -2.34. The van der Waals surface area contributed by atoms with Gasteiger partial charge in [-0.3, -0.25) is 4.79 Å². The van der Waals surface area contributed by atoms with Crippen LogP contribution in [-0.4, -0.2) is 30.6 Å². The van der Waals surface area contributed by atoms with Crippen molar-refractivity contribution in [3.05, 3.63) is 42.0 Å². The summed E-state index contributed by atoms with van der Waals surface area (Å²) in [6.07, 6.45) is 4.20. The Bertz CT molecular complexity index is 575. The second kappa shape index (κ2) is 6.75. The van der Waals surface area contributed by atoms with E-state index in [4.69, 9.17) is 9.47 Å². The van der Waals surface area contributed by atoms with Crippen LogP contribution in [0.15, 0.2) is 36.4 Å². The number of aliphatic hydroxyl groups is 1. The van der Waals surface area contributed by atoms with Crippen molar-refractivity contribution in [2.45, 2.75) is 25.4 Å². The lowest BCUT2D eigenvalue weighted by molar-refractivity contribution is -0.175. The Labute approximate surface area is 129 Å². The number of hydrogen-bond donors (Lipinski definition) is 1. The Balaban J connectivity index is 2.46. The molecule has 0 bridgehead atoms. The predicted molar refractivity (Wildman–Crippen MR) is 80.4 cm³/mol. The monoisotopic (exact) mass is 304 g/mol. The van der Waals surface area contributed by atoms with Crippen LogP contribution in [-0.2, 0) is 19.9 Å². The quantitative estimate of drug-likeness (QED) is 0.842. The van der Waals surface area contributed by atoms with Crippen LogP contribution >= 0.6 is 0 Å². The minimum absolute atomic E-state index is 0.133. The highest BCUT2D eigenvalue weighted by molar-refractivity contribution is 5.98. The highest BCUT2D eigenvalue weighted by Gasteiger charge is 2.49. The van der Waals surface area contributed by atoms with E-state index in [9.17, 15) is 14.7 Å². The fourth-order valence-electron chi connectivity index (χ4n) is 2.68. The fraction of sp³-hybridized carbons (Fsp3) is 0.412. The number of ketones is 1. The lowest BCUT2D eigenvalue weighted by atomic mass is 9.74. The average molecular weight is 304 g/mol. The summed E-state index contributed by atoms with van der Waals surface area (Å²) in [7, 11) is 1.53. The van der Waals surface area contributed by atoms with Crippen LogP contribution < -0.4 is 4.74 Å². The Morgan fingerprint density at radius 1 is 1.36 bits per heavy atom. The first-order chi connectivity index (χ1) is 10.5. The number of benzene rings is 1. The molecule has 0 amide bonds. The predicted octanol–water partition coefficient (Wildman–Crippen LogP) is 1.98. The average Bonchev–Trinajstić information content (AvgIpc) is 2.55. The molecule has 0 fully saturated rings. The van der Waals surface area contributed by atoms with Crippen molar-refractivity contribution in [3.63, 3.8) is 0 Å². The minimum Gasteiger partial charge on any atom is -0.497 e. The van der Waals surface area contributed by atoms with Crippen LogP contribution in [0.3, 0.4) is 0 Å². The highest BCUT2D eigenvalue weighted by atomic mass is 16.5. The van der Waals surface area contributed by atoms with Crippen molar-refractivity contribution in [2.24, 2.45) is 5.92 Å². The summed E-state index contributed by atoms with van der Waals surface area (Å²) in [5, 5.41) is 11.1. The van der Waals surface area contributed by atoms with E-state index in [1.54, 1.807) is 37.3 Å². The van der Waals surface area contributed by atoms with Gasteiger partial charge in [0.25, 0.3) is 0 Å². The van der Waals surface area contributed by atoms with E-state index in [2.05, 4.69) is 0 Å². The van der Waals surface area contributed by atoms with Crippen molar-refractivity contribution in [1.29, 1.82) is 0 Å². The van der Waals surface area contributed by atoms with Gasteiger partial charge >= 0.3 is 5.97 Å². The lowest BCUT2D eigenvalue weighted by Crippen LogP contribution is -2.47. The Morgan fingerprint density at radius 2 is 2.05 bits per heavy atom. The molecule has 2 rings (SSSR count). The summed E-state index contributed by atoms with van der Waals surface area (Å²) in [4.78, 5) is 24.6. The second-order valence-electron chi connectivity index (χ2n) is 5.15. The maximum Gasteiger partial charge on any atom is 0.343 e. The van der Waals surface area contributed by atoms with Crippen molar-refractivity contribution in [3.8, 4) is 5.75 Å². The number of allylic oxidation sites excluding steroid dienone is 2. The molecule has 0 radical (unpaired) electrons. The Kier molecular flexibility index (Phi) is 4.98. The van der Waals surface area contributed by atoms with Crippen LogP contribution in [0.25, 0.3) is 0 Å². The number of methoxy groups -OCH3 is 1. The summed E-state index contributed by atoms with van der Waals surface area (Å²) in [6.45, 7) is 1.79. The van der Waals surface area contributed by atoms with E-state index in [0.29, 0.717) is 24.2 Å². The van der Waals surface area contributed by atoms with E-state index in [-0.39, 0.29) is 12.4 Å². The summed E-state index contributed by atoms with van der Waals surface area (Å²) in [6, 6.07) is 6.45. The molecule has 0 aromatic heterocycles. The van der Waals surface area contributed by atoms with Gasteiger partial charge in [0.05, 0.1) is 19.6 Å². The SMILES string of the molecule is CCOC(=O)[C@@](O)(c1ccc(OC)cc1)[C@@H]1CCC=CC1=O. The van der Waals surface area contributed by atoms with Gasteiger partial charge in [0, 0.05) is 0 Å². The molecule has 1 aromatic rings. The molecule has 1 aliphatic rings. The van der Waals surface area contributed by atoms with Crippen molar-refractivity contribution >= 4 is 11.8 Å². The third kappa shape index (κ3) is 2.90. The van der Waals surface area contributed by atoms with Crippen LogP contribution in [0.4, 0.5) is 0 Å². The van der Waals surface area contributed by atoms with Crippen molar-refractivity contribution < 1.29 is 24.2 Å². The zero-order valence-electron chi connectivity index (χ0n) is 12.7. The molecule has 0 saturated carbocycles. The van der Waals surface area contributed by atoms with Gasteiger partial charge in [0.15, 0.2) is 11.4 Å². The van der Waals surface area contributed by atoms with Crippen LogP contribution in [0, 0.1) is 5.92 Å². The fourth-order valence-corrected chi connectivity index (χ4v) is 2.68. The van der Waals surface area contributed by atoms with Crippen molar-refractivity contribution in [2.75, 3.05) is 13.7 Å². The zero-order valence-corrected chi connectivity index (χ0v) is 12.7. The number of carbonyl (C=O) groups excluding carboxylic acids is 2. The van der Waals surface area contributed by atoms with Gasteiger partial charge in [-0.05, 0) is 43.5 Å². The summed E-state index contributed by atoms with van der Waals surface area (Å²) < 4.78 is 10.1. The number of carbonyl (C=O) groups is 2. The largest absolute Gasteiger partial charge is 0.497 e. The molecular formula is C17H20O5. The molecule has 0 spiro atoms. The zero-order chi connectivity index (χ0) is 16.2. The van der Waals surface area contributed by atoms with Gasteiger partial charge in [0.1, 0.15) is 5.75 Å². The second-order valence-corrected chi connectivity index (χ2v) is 5.15. The first-order valence-electron chi connectivity index (χ1n) is 7.28. The number of hydrogen-bond acceptors (Lipinski definition) is 5. The smallest absolute Gasteiger partial charge is 0.343 e. The molecule has 0 aliphatic heterocycles. The standard InChI is InChI=1S/C17H20O5/c1-3-22-16(19)17(20,14-6-4-5-7-15(14)18)12-8-10-13(21-2)11-9-12/h5,7-11,14,20H,3-4,6H2,1-2H3/t14-,17-/m1/s1. The molecule has 0 heterocycles. The van der Waals surface area contributed by atoms with Crippen molar-refractivity contribution in [1.82, 2.24) is 0 Å². The van der Waals surface area contributed by atoms with Crippen LogP contribution in [0.5, 0.6) is 5.75 Å². The van der Waals surface area contributed by atoms with Gasteiger partial charge in [-0.25, -0.2) is 4.79 Å². The molecular weight excluding hydrogens is 284 g/mol. The van der Waals surface area contributed by atoms with Gasteiger partial charge in [-0.1, -0.05) is 18.2 Å². The molecule has 5 heteroatoms. The van der Waals surface area contributed by atoms with Gasteiger partial charge in [-0.15, -0.1) is 0 Å². The molecule has 1 N–H and O–H groups in total. The summed E-state index contributed by atoms with van der Waals surface area (Å²) >= 11 is 0. The maximum absolute atomic E-state index is 12.4. The number of esters is 1. The molecule has 2 atom stereocenters. The van der Waals surface area contributed by atoms with Crippen LogP contribution in [0.1, 0.15) is 25.3 Å². The molecule has 1 aromatic carbocycles. The molecule has 5 nitrogen and oxygen atoms in total. The molecule has 1 aliphatic carbocycles. The Hall–Kier alpha value is -2.14. The first kappa shape index (κ1) is 16.2. The number of rotatable bonds is 5. The van der Waals surface area contributed by atoms with E-state index in [1.807, 2.05) is 0 Å². The van der Waals surface area contributed by atoms with Gasteiger partial charge in [0.2, 0.25) is 0 Å². The molecule has 0 unspecified atom stereocenters. The van der Waals surface area contributed by atoms with Crippen LogP contribution in [0.2, 0.25) is 0 Å². The minimum atomic E-state index is -1.98. The highest BCUT2D eigenvalue weighted by Crippen LogP contribution is 2.37. The van der Waals surface area contributed by atoms with E-state index in [1.165, 1.54) is 13.2 Å². The maximum atomic E-state index is 12.4. The van der Waals surface area contributed by atoms with Gasteiger partial charge in [-0.2, -0.15) is 0 Å². The third-order valence-electron chi connectivity index (χ3n) is 3.87. The van der Waals surface area contributed by atoms with Gasteiger partial charge < -0.3 is 14.6 Å². The van der Waals surface area contributed by atoms with E-state index >= 15 is 0 Å². The summed E-state index contributed by atoms with van der Waals surface area (Å²) in [5.74, 6) is -1.30. The Morgan fingerprint density at radius 3 is 2.59 bits per heavy atom.